The van der Waals surface area contributed by atoms with Crippen molar-refractivity contribution in [1.82, 2.24) is 25.3 Å². The molecular weight excluding hydrogens is 294 g/mol. The number of amides is 1. The first-order valence-corrected chi connectivity index (χ1v) is 7.18. The third-order valence-corrected chi connectivity index (χ3v) is 3.21. The van der Waals surface area contributed by atoms with Crippen molar-refractivity contribution in [3.8, 4) is 5.75 Å². The molecule has 2 aromatic heterocycles. The molecule has 0 unspecified atom stereocenters. The monoisotopic (exact) mass is 311 g/mol. The maximum atomic E-state index is 12.1. The zero-order valence-corrected chi connectivity index (χ0v) is 12.7. The van der Waals surface area contributed by atoms with E-state index in [0.717, 1.165) is 17.0 Å². The predicted octanol–water partition coefficient (Wildman–Crippen LogP) is 1.65. The van der Waals surface area contributed by atoms with Crippen LogP contribution in [0.5, 0.6) is 5.75 Å². The Morgan fingerprint density at radius 1 is 1.35 bits per heavy atom. The minimum absolute atomic E-state index is 0.240. The van der Waals surface area contributed by atoms with Crippen molar-refractivity contribution in [3.05, 3.63) is 65.7 Å². The molecule has 0 atom stereocenters. The molecule has 7 heteroatoms. The van der Waals surface area contributed by atoms with Crippen molar-refractivity contribution in [1.29, 1.82) is 0 Å². The zero-order chi connectivity index (χ0) is 16.1. The zero-order valence-electron chi connectivity index (χ0n) is 12.7. The van der Waals surface area contributed by atoms with E-state index in [-0.39, 0.29) is 5.91 Å². The van der Waals surface area contributed by atoms with Crippen LogP contribution in [0.15, 0.2) is 48.8 Å². The molecule has 0 saturated carbocycles. The largest absolute Gasteiger partial charge is 0.487 e. The normalized spacial score (nSPS) is 10.5. The number of H-pyrrole nitrogens is 1. The number of nitrogens with zero attached hydrogens (tertiary/aromatic N) is 3. The van der Waals surface area contributed by atoms with Gasteiger partial charge in [0.2, 0.25) is 0 Å². The van der Waals surface area contributed by atoms with Crippen molar-refractivity contribution >= 4 is 5.91 Å². The number of carbonyl (C=O) groups is 1. The highest BCUT2D eigenvalue weighted by Gasteiger charge is 2.11. The van der Waals surface area contributed by atoms with Crippen LogP contribution in [-0.2, 0) is 20.2 Å². The summed E-state index contributed by atoms with van der Waals surface area (Å²) in [6.45, 7) is 0.738. The highest BCUT2D eigenvalue weighted by atomic mass is 16.5. The van der Waals surface area contributed by atoms with E-state index >= 15 is 0 Å². The maximum absolute atomic E-state index is 12.1. The molecular formula is C16H17N5O2. The Bertz CT molecular complexity index is 779. The van der Waals surface area contributed by atoms with E-state index in [2.05, 4.69) is 20.6 Å². The summed E-state index contributed by atoms with van der Waals surface area (Å²) in [5.41, 5.74) is 2.00. The molecule has 2 heterocycles. The lowest BCUT2D eigenvalue weighted by Gasteiger charge is -2.03. The number of aromatic nitrogens is 4. The van der Waals surface area contributed by atoms with Gasteiger partial charge in [0.05, 0.1) is 11.9 Å². The highest BCUT2D eigenvalue weighted by molar-refractivity contribution is 5.92. The van der Waals surface area contributed by atoms with Crippen LogP contribution in [0, 0.1) is 0 Å². The Morgan fingerprint density at radius 3 is 2.91 bits per heavy atom. The van der Waals surface area contributed by atoms with Crippen molar-refractivity contribution in [2.75, 3.05) is 0 Å². The van der Waals surface area contributed by atoms with Crippen LogP contribution in [0.2, 0.25) is 0 Å². The first-order valence-electron chi connectivity index (χ1n) is 7.18. The van der Waals surface area contributed by atoms with Gasteiger partial charge in [0.15, 0.2) is 0 Å². The topological polar surface area (TPSA) is 84.8 Å². The first kappa shape index (κ1) is 14.8. The summed E-state index contributed by atoms with van der Waals surface area (Å²) in [5, 5.41) is 13.7. The number of hydrogen-bond acceptors (Lipinski definition) is 4. The maximum Gasteiger partial charge on any atom is 0.272 e. The average molecular weight is 311 g/mol. The second-order valence-electron chi connectivity index (χ2n) is 5.09. The number of para-hydroxylation sites is 1. The Kier molecular flexibility index (Phi) is 4.37. The van der Waals surface area contributed by atoms with E-state index in [0.29, 0.717) is 18.8 Å². The Labute approximate surface area is 133 Å². The van der Waals surface area contributed by atoms with E-state index in [1.165, 1.54) is 0 Å². The van der Waals surface area contributed by atoms with Gasteiger partial charge in [0.1, 0.15) is 18.1 Å². The average Bonchev–Trinajstić information content (AvgIpc) is 3.21. The van der Waals surface area contributed by atoms with Crippen LogP contribution >= 0.6 is 0 Å². The fourth-order valence-corrected chi connectivity index (χ4v) is 2.07. The molecule has 3 rings (SSSR count). The number of aromatic amines is 1. The molecule has 2 N–H and O–H groups in total. The highest BCUT2D eigenvalue weighted by Crippen LogP contribution is 2.11. The van der Waals surface area contributed by atoms with Gasteiger partial charge in [0, 0.05) is 25.4 Å². The molecule has 118 valence electrons. The third-order valence-electron chi connectivity index (χ3n) is 3.21. The predicted molar refractivity (Wildman–Crippen MR) is 83.7 cm³/mol. The Morgan fingerprint density at radius 2 is 2.17 bits per heavy atom. The number of rotatable bonds is 6. The van der Waals surface area contributed by atoms with Gasteiger partial charge in [-0.2, -0.15) is 10.2 Å². The number of aryl methyl sites for hydroxylation is 1. The quantitative estimate of drug-likeness (QED) is 0.725. The third kappa shape index (κ3) is 3.97. The van der Waals surface area contributed by atoms with Gasteiger partial charge in [-0.1, -0.05) is 18.2 Å². The van der Waals surface area contributed by atoms with Gasteiger partial charge in [-0.25, -0.2) is 0 Å². The molecule has 23 heavy (non-hydrogen) atoms. The standard InChI is InChI=1S/C16H17N5O2/c1-21-10-12(9-18-21)8-17-16(22)15-7-13(19-20-15)11-23-14-5-3-2-4-6-14/h2-7,9-10H,8,11H2,1H3,(H,17,22)(H,19,20). The van der Waals surface area contributed by atoms with Gasteiger partial charge in [0.25, 0.3) is 5.91 Å². The molecule has 0 spiro atoms. The molecule has 1 aromatic carbocycles. The van der Waals surface area contributed by atoms with Crippen molar-refractivity contribution in [3.63, 3.8) is 0 Å². The number of hydrogen-bond donors (Lipinski definition) is 2. The fraction of sp³-hybridized carbons (Fsp3) is 0.188. The molecule has 0 saturated heterocycles. The Hall–Kier alpha value is -3.09. The molecule has 0 bridgehead atoms. The molecule has 0 aliphatic carbocycles. The summed E-state index contributed by atoms with van der Waals surface area (Å²) in [5.74, 6) is 0.528. The molecule has 1 amide bonds. The molecule has 0 fully saturated rings. The summed E-state index contributed by atoms with van der Waals surface area (Å²) in [7, 11) is 1.83. The van der Waals surface area contributed by atoms with Crippen molar-refractivity contribution < 1.29 is 9.53 Å². The number of benzene rings is 1. The van der Waals surface area contributed by atoms with E-state index < -0.39 is 0 Å². The minimum Gasteiger partial charge on any atom is -0.487 e. The lowest BCUT2D eigenvalue weighted by atomic mass is 10.3. The lowest BCUT2D eigenvalue weighted by molar-refractivity contribution is 0.0946. The second kappa shape index (κ2) is 6.78. The Balaban J connectivity index is 1.52. The molecule has 0 aliphatic rings. The van der Waals surface area contributed by atoms with Gasteiger partial charge in [-0.3, -0.25) is 14.6 Å². The minimum atomic E-state index is -0.240. The molecule has 7 nitrogen and oxygen atoms in total. The van der Waals surface area contributed by atoms with Crippen LogP contribution in [0.4, 0.5) is 0 Å². The van der Waals surface area contributed by atoms with E-state index in [4.69, 9.17) is 4.74 Å². The first-order chi connectivity index (χ1) is 11.2. The summed E-state index contributed by atoms with van der Waals surface area (Å²) in [6, 6.07) is 11.2. The summed E-state index contributed by atoms with van der Waals surface area (Å²) >= 11 is 0. The van der Waals surface area contributed by atoms with Gasteiger partial charge in [-0.05, 0) is 18.2 Å². The van der Waals surface area contributed by atoms with Crippen molar-refractivity contribution in [2.24, 2.45) is 7.05 Å². The van der Waals surface area contributed by atoms with Crippen LogP contribution in [0.25, 0.3) is 0 Å². The summed E-state index contributed by atoms with van der Waals surface area (Å²) in [4.78, 5) is 12.1. The summed E-state index contributed by atoms with van der Waals surface area (Å²) < 4.78 is 7.29. The fourth-order valence-electron chi connectivity index (χ4n) is 2.07. The van der Waals surface area contributed by atoms with E-state index in [9.17, 15) is 4.79 Å². The number of ether oxygens (including phenoxy) is 1. The molecule has 0 radical (unpaired) electrons. The van der Waals surface area contributed by atoms with Crippen LogP contribution in [0.3, 0.4) is 0 Å². The molecule has 3 aromatic rings. The van der Waals surface area contributed by atoms with Gasteiger partial charge in [-0.15, -0.1) is 0 Å². The van der Waals surface area contributed by atoms with Crippen molar-refractivity contribution in [2.45, 2.75) is 13.2 Å². The van der Waals surface area contributed by atoms with Gasteiger partial charge < -0.3 is 10.1 Å². The SMILES string of the molecule is Cn1cc(CNC(=O)c2cc(COc3ccccc3)[nH]n2)cn1. The number of carbonyl (C=O) groups excluding carboxylic acids is 1. The molecule has 0 aliphatic heterocycles. The van der Waals surface area contributed by atoms with E-state index in [1.807, 2.05) is 43.6 Å². The van der Waals surface area contributed by atoms with Gasteiger partial charge >= 0.3 is 0 Å². The number of nitrogens with one attached hydrogen (secondary N) is 2. The van der Waals surface area contributed by atoms with Crippen LogP contribution < -0.4 is 10.1 Å². The van der Waals surface area contributed by atoms with Crippen LogP contribution in [-0.4, -0.2) is 25.9 Å². The summed E-state index contributed by atoms with van der Waals surface area (Å²) in [6.07, 6.45) is 3.56. The van der Waals surface area contributed by atoms with Crippen LogP contribution in [0.1, 0.15) is 21.7 Å². The van der Waals surface area contributed by atoms with E-state index in [1.54, 1.807) is 16.9 Å². The second-order valence-corrected chi connectivity index (χ2v) is 5.09. The smallest absolute Gasteiger partial charge is 0.272 e. The lowest BCUT2D eigenvalue weighted by Crippen LogP contribution is -2.22.